The van der Waals surface area contributed by atoms with Gasteiger partial charge < -0.3 is 15.1 Å². The predicted octanol–water partition coefficient (Wildman–Crippen LogP) is 5.06. The van der Waals surface area contributed by atoms with E-state index in [0.29, 0.717) is 24.6 Å². The van der Waals surface area contributed by atoms with Crippen LogP contribution in [-0.4, -0.2) is 41.4 Å². The van der Waals surface area contributed by atoms with Gasteiger partial charge in [0.15, 0.2) is 5.82 Å². The van der Waals surface area contributed by atoms with Crippen LogP contribution in [0, 0.1) is 11.6 Å². The number of rotatable bonds is 4. The maximum absolute atomic E-state index is 14.6. The lowest BCUT2D eigenvalue weighted by molar-refractivity contribution is 0.556. The molecule has 166 valence electrons. The maximum atomic E-state index is 14.6. The first kappa shape index (κ1) is 20.9. The van der Waals surface area contributed by atoms with Gasteiger partial charge in [-0.3, -0.25) is 0 Å². The molecule has 0 unspecified atom stereocenters. The average molecular weight is 457 g/mol. The summed E-state index contributed by atoms with van der Waals surface area (Å²) in [6.45, 7) is 5.06. The highest BCUT2D eigenvalue weighted by atomic mass is 35.5. The number of fused-ring (bicyclic) bond motifs is 1. The second-order valence-corrected chi connectivity index (χ2v) is 8.49. The van der Waals surface area contributed by atoms with Crippen molar-refractivity contribution < 1.29 is 8.78 Å². The lowest BCUT2D eigenvalue weighted by atomic mass is 10.0. The Kier molecular flexibility index (Phi) is 5.55. The second-order valence-electron chi connectivity index (χ2n) is 8.12. The molecule has 1 atom stereocenters. The minimum Gasteiger partial charge on any atom is -0.365 e. The highest BCUT2D eigenvalue weighted by Crippen LogP contribution is 2.39. The van der Waals surface area contributed by atoms with Crippen molar-refractivity contribution >= 4 is 28.9 Å². The van der Waals surface area contributed by atoms with E-state index in [0.717, 1.165) is 42.3 Å². The molecule has 0 saturated carbocycles. The van der Waals surface area contributed by atoms with Gasteiger partial charge in [0.1, 0.15) is 17.5 Å². The summed E-state index contributed by atoms with van der Waals surface area (Å²) in [5.74, 6) is 0.391. The number of benzene rings is 1. The lowest BCUT2D eigenvalue weighted by Gasteiger charge is -2.36. The minimum atomic E-state index is -0.636. The largest absolute Gasteiger partial charge is 0.365 e. The number of hydrogen-bond donors (Lipinski definition) is 1. The van der Waals surface area contributed by atoms with Crippen molar-refractivity contribution in [2.75, 3.05) is 41.3 Å². The van der Waals surface area contributed by atoms with Crippen LogP contribution in [0.4, 0.5) is 26.1 Å². The van der Waals surface area contributed by atoms with E-state index >= 15 is 0 Å². The Labute approximate surface area is 190 Å². The normalized spacial score (nSPS) is 16.6. The molecule has 1 N–H and O–H groups in total. The summed E-state index contributed by atoms with van der Waals surface area (Å²) in [7, 11) is 0. The lowest BCUT2D eigenvalue weighted by Crippen LogP contribution is -2.37. The molecule has 6 nitrogen and oxygen atoms in total. The summed E-state index contributed by atoms with van der Waals surface area (Å²) < 4.78 is 28.6. The zero-order valence-electron chi connectivity index (χ0n) is 17.7. The van der Waals surface area contributed by atoms with Crippen molar-refractivity contribution in [3.8, 4) is 11.3 Å². The van der Waals surface area contributed by atoms with Crippen molar-refractivity contribution in [1.29, 1.82) is 0 Å². The van der Waals surface area contributed by atoms with Gasteiger partial charge in [-0.15, -0.1) is 10.2 Å². The van der Waals surface area contributed by atoms with E-state index in [2.05, 4.69) is 25.4 Å². The van der Waals surface area contributed by atoms with Gasteiger partial charge >= 0.3 is 0 Å². The SMILES string of the molecule is C[C@H](c1c(F)ccc(F)c1Cl)N1CCNc2nnc(-c3ccc(N4CCCC4)nc3)cc21. The van der Waals surface area contributed by atoms with Gasteiger partial charge in [0, 0.05) is 43.5 Å². The maximum Gasteiger partial charge on any atom is 0.172 e. The molecular formula is C23H23ClF2N6. The molecule has 32 heavy (non-hydrogen) atoms. The van der Waals surface area contributed by atoms with E-state index in [1.807, 2.05) is 30.0 Å². The van der Waals surface area contributed by atoms with Crippen molar-refractivity contribution in [3.63, 3.8) is 0 Å². The van der Waals surface area contributed by atoms with Crippen LogP contribution in [-0.2, 0) is 0 Å². The highest BCUT2D eigenvalue weighted by molar-refractivity contribution is 6.31. The molecule has 0 aliphatic carbocycles. The summed E-state index contributed by atoms with van der Waals surface area (Å²) in [5.41, 5.74) is 2.40. The van der Waals surface area contributed by atoms with Crippen LogP contribution in [0.1, 0.15) is 31.4 Å². The third-order valence-electron chi connectivity index (χ3n) is 6.17. The standard InChI is InChI=1S/C23H23ClF2N6/c1-14(21-16(25)5-6-17(26)22(21)24)32-11-8-27-23-19(32)12-18(29-30-23)15-4-7-20(28-13-15)31-9-2-3-10-31/h4-7,12-14H,2-3,8-11H2,1H3,(H,27,30)/t14-/m1/s1. The molecule has 0 spiro atoms. The van der Waals surface area contributed by atoms with Crippen LogP contribution in [0.15, 0.2) is 36.5 Å². The molecule has 4 heterocycles. The fourth-order valence-electron chi connectivity index (χ4n) is 4.44. The van der Waals surface area contributed by atoms with Crippen LogP contribution in [0.2, 0.25) is 5.02 Å². The van der Waals surface area contributed by atoms with Crippen LogP contribution in [0.25, 0.3) is 11.3 Å². The van der Waals surface area contributed by atoms with Gasteiger partial charge in [0.2, 0.25) is 0 Å². The molecular weight excluding hydrogens is 434 g/mol. The number of pyridine rings is 1. The molecule has 9 heteroatoms. The third kappa shape index (κ3) is 3.72. The predicted molar refractivity (Wildman–Crippen MR) is 122 cm³/mol. The molecule has 1 aromatic carbocycles. The van der Waals surface area contributed by atoms with Crippen LogP contribution >= 0.6 is 11.6 Å². The van der Waals surface area contributed by atoms with Crippen molar-refractivity contribution in [2.24, 2.45) is 0 Å². The topological polar surface area (TPSA) is 57.2 Å². The van der Waals surface area contributed by atoms with E-state index in [4.69, 9.17) is 11.6 Å². The van der Waals surface area contributed by atoms with E-state index < -0.39 is 17.7 Å². The average Bonchev–Trinajstić information content (AvgIpc) is 3.36. The van der Waals surface area contributed by atoms with Gasteiger partial charge in [-0.2, -0.15) is 0 Å². The molecule has 2 aliphatic heterocycles. The Balaban J connectivity index is 1.48. The van der Waals surface area contributed by atoms with Gasteiger partial charge in [-0.1, -0.05) is 11.6 Å². The molecule has 0 amide bonds. The summed E-state index contributed by atoms with van der Waals surface area (Å²) in [5, 5.41) is 11.7. The zero-order valence-corrected chi connectivity index (χ0v) is 18.4. The number of anilines is 3. The number of nitrogens with one attached hydrogen (secondary N) is 1. The second kappa shape index (κ2) is 8.50. The Hall–Kier alpha value is -3.00. The van der Waals surface area contributed by atoms with E-state index in [-0.39, 0.29) is 10.6 Å². The molecule has 2 aromatic heterocycles. The van der Waals surface area contributed by atoms with Gasteiger partial charge in [0.25, 0.3) is 0 Å². The van der Waals surface area contributed by atoms with Crippen LogP contribution in [0.3, 0.4) is 0 Å². The van der Waals surface area contributed by atoms with Crippen molar-refractivity contribution in [1.82, 2.24) is 15.2 Å². The third-order valence-corrected chi connectivity index (χ3v) is 6.55. The molecule has 0 radical (unpaired) electrons. The van der Waals surface area contributed by atoms with Gasteiger partial charge in [-0.05, 0) is 50.1 Å². The molecule has 2 aliphatic rings. The summed E-state index contributed by atoms with van der Waals surface area (Å²) in [4.78, 5) is 8.85. The highest BCUT2D eigenvalue weighted by Gasteiger charge is 2.28. The first-order valence-electron chi connectivity index (χ1n) is 10.8. The number of aromatic nitrogens is 3. The summed E-state index contributed by atoms with van der Waals surface area (Å²) in [6, 6.07) is 7.56. The van der Waals surface area contributed by atoms with Gasteiger partial charge in [0.05, 0.1) is 22.4 Å². The van der Waals surface area contributed by atoms with Crippen molar-refractivity contribution in [2.45, 2.75) is 25.8 Å². The Bertz CT molecular complexity index is 1130. The first-order valence-corrected chi connectivity index (χ1v) is 11.1. The number of nitrogens with zero attached hydrogens (tertiary/aromatic N) is 5. The fraction of sp³-hybridized carbons (Fsp3) is 0.348. The smallest absolute Gasteiger partial charge is 0.172 e. The fourth-order valence-corrected chi connectivity index (χ4v) is 4.75. The summed E-state index contributed by atoms with van der Waals surface area (Å²) in [6.07, 6.45) is 4.19. The summed E-state index contributed by atoms with van der Waals surface area (Å²) >= 11 is 6.14. The number of hydrogen-bond acceptors (Lipinski definition) is 6. The molecule has 1 fully saturated rings. The Morgan fingerprint density at radius 1 is 1.03 bits per heavy atom. The van der Waals surface area contributed by atoms with Crippen LogP contribution < -0.4 is 15.1 Å². The quantitative estimate of drug-likeness (QED) is 0.553. The van der Waals surface area contributed by atoms with Gasteiger partial charge in [-0.25, -0.2) is 13.8 Å². The monoisotopic (exact) mass is 456 g/mol. The minimum absolute atomic E-state index is 0.134. The Morgan fingerprint density at radius 3 is 2.56 bits per heavy atom. The molecule has 5 rings (SSSR count). The zero-order chi connectivity index (χ0) is 22.2. The van der Waals surface area contributed by atoms with E-state index in [1.165, 1.54) is 12.8 Å². The molecule has 0 bridgehead atoms. The number of halogens is 3. The first-order chi connectivity index (χ1) is 15.5. The van der Waals surface area contributed by atoms with Crippen molar-refractivity contribution in [3.05, 3.63) is 58.7 Å². The van der Waals surface area contributed by atoms with E-state index in [1.54, 1.807) is 6.20 Å². The van der Waals surface area contributed by atoms with E-state index in [9.17, 15) is 8.78 Å². The Morgan fingerprint density at radius 2 is 1.81 bits per heavy atom. The van der Waals surface area contributed by atoms with Crippen LogP contribution in [0.5, 0.6) is 0 Å². The molecule has 3 aromatic rings. The molecule has 1 saturated heterocycles.